The Morgan fingerprint density at radius 2 is 2.10 bits per heavy atom. The number of hydrazone groups is 1. The van der Waals surface area contributed by atoms with Gasteiger partial charge in [0.15, 0.2) is 11.5 Å². The van der Waals surface area contributed by atoms with Crippen molar-refractivity contribution >= 4 is 28.1 Å². The van der Waals surface area contributed by atoms with E-state index in [1.54, 1.807) is 6.21 Å². The summed E-state index contributed by atoms with van der Waals surface area (Å²) in [4.78, 5) is 11.6. The Morgan fingerprint density at radius 3 is 2.86 bits per heavy atom. The topological polar surface area (TPSA) is 59.9 Å². The zero-order valence-electron chi connectivity index (χ0n) is 12.0. The number of hydrogen-bond acceptors (Lipinski definition) is 4. The molecule has 6 heteroatoms. The maximum Gasteiger partial charge on any atom is 0.240 e. The Hall–Kier alpha value is -1.56. The van der Waals surface area contributed by atoms with E-state index in [2.05, 4.69) is 33.4 Å². The van der Waals surface area contributed by atoms with Crippen LogP contribution in [-0.4, -0.2) is 18.9 Å². The fraction of sp³-hybridized carbons (Fsp3) is 0.467. The molecule has 1 aliphatic rings. The van der Waals surface area contributed by atoms with Crippen LogP contribution in [-0.2, 0) is 4.79 Å². The second kappa shape index (κ2) is 8.02. The molecule has 0 unspecified atom stereocenters. The van der Waals surface area contributed by atoms with Crippen LogP contribution in [0.5, 0.6) is 11.5 Å². The molecule has 0 bridgehead atoms. The molecule has 1 heterocycles. The van der Waals surface area contributed by atoms with Gasteiger partial charge in [-0.2, -0.15) is 5.10 Å². The Kier molecular flexibility index (Phi) is 6.04. The Bertz CT molecular complexity index is 532. The molecular weight excluding hydrogens is 336 g/mol. The standard InChI is InChI=1S/C15H19BrN2O3/c1-2-3-4-5-6-15(19)18-17-9-11-7-13-14(8-12(11)16)21-10-20-13/h7-9H,2-6,10H2,1H3,(H,18,19)/b17-9+. The monoisotopic (exact) mass is 354 g/mol. The lowest BCUT2D eigenvalue weighted by atomic mass is 10.1. The number of amides is 1. The summed E-state index contributed by atoms with van der Waals surface area (Å²) in [5.74, 6) is 1.34. The molecule has 0 spiro atoms. The minimum Gasteiger partial charge on any atom is -0.454 e. The molecule has 0 aromatic heterocycles. The minimum atomic E-state index is -0.0563. The van der Waals surface area contributed by atoms with Crippen LogP contribution < -0.4 is 14.9 Å². The van der Waals surface area contributed by atoms with E-state index in [0.29, 0.717) is 17.9 Å². The maximum absolute atomic E-state index is 11.6. The number of unbranched alkanes of at least 4 members (excludes halogenated alkanes) is 3. The molecule has 0 saturated carbocycles. The molecule has 1 aliphatic heterocycles. The van der Waals surface area contributed by atoms with Crippen molar-refractivity contribution in [2.75, 3.05) is 6.79 Å². The smallest absolute Gasteiger partial charge is 0.240 e. The SMILES string of the molecule is CCCCCCC(=O)N/N=C/c1cc2c(cc1Br)OCO2. The number of carbonyl (C=O) groups is 1. The summed E-state index contributed by atoms with van der Waals surface area (Å²) >= 11 is 3.44. The fourth-order valence-corrected chi connectivity index (χ4v) is 2.40. The summed E-state index contributed by atoms with van der Waals surface area (Å²) in [6.45, 7) is 2.38. The molecule has 1 aromatic carbocycles. The van der Waals surface area contributed by atoms with Crippen molar-refractivity contribution in [2.45, 2.75) is 39.0 Å². The zero-order valence-corrected chi connectivity index (χ0v) is 13.6. The molecule has 114 valence electrons. The van der Waals surface area contributed by atoms with Crippen molar-refractivity contribution in [1.82, 2.24) is 5.43 Å². The number of fused-ring (bicyclic) bond motifs is 1. The van der Waals surface area contributed by atoms with Crippen molar-refractivity contribution in [3.05, 3.63) is 22.2 Å². The number of nitrogens with zero attached hydrogens (tertiary/aromatic N) is 1. The number of nitrogens with one attached hydrogen (secondary N) is 1. The van der Waals surface area contributed by atoms with Crippen LogP contribution >= 0.6 is 15.9 Å². The number of ether oxygens (including phenoxy) is 2. The minimum absolute atomic E-state index is 0.0563. The molecule has 21 heavy (non-hydrogen) atoms. The molecule has 1 aromatic rings. The van der Waals surface area contributed by atoms with Crippen LogP contribution in [0.4, 0.5) is 0 Å². The molecule has 0 radical (unpaired) electrons. The Balaban J connectivity index is 1.83. The number of halogens is 1. The van der Waals surface area contributed by atoms with Crippen LogP contribution in [0, 0.1) is 0 Å². The summed E-state index contributed by atoms with van der Waals surface area (Å²) in [7, 11) is 0. The van der Waals surface area contributed by atoms with E-state index in [0.717, 1.165) is 29.3 Å². The largest absolute Gasteiger partial charge is 0.454 e. The van der Waals surface area contributed by atoms with Crippen LogP contribution in [0.1, 0.15) is 44.6 Å². The van der Waals surface area contributed by atoms with Gasteiger partial charge in [-0.25, -0.2) is 5.43 Å². The van der Waals surface area contributed by atoms with E-state index in [1.165, 1.54) is 6.42 Å². The lowest BCUT2D eigenvalue weighted by Gasteiger charge is -2.02. The predicted molar refractivity (Wildman–Crippen MR) is 84.8 cm³/mol. The highest BCUT2D eigenvalue weighted by molar-refractivity contribution is 9.10. The van der Waals surface area contributed by atoms with E-state index >= 15 is 0 Å². The third kappa shape index (κ3) is 4.74. The fourth-order valence-electron chi connectivity index (χ4n) is 1.97. The average molecular weight is 355 g/mol. The van der Waals surface area contributed by atoms with Gasteiger partial charge in [0, 0.05) is 16.5 Å². The van der Waals surface area contributed by atoms with Crippen LogP contribution in [0.3, 0.4) is 0 Å². The molecule has 0 atom stereocenters. The molecule has 2 rings (SSSR count). The predicted octanol–water partition coefficient (Wildman–Crippen LogP) is 3.60. The van der Waals surface area contributed by atoms with Gasteiger partial charge < -0.3 is 9.47 Å². The Morgan fingerprint density at radius 1 is 1.33 bits per heavy atom. The second-order valence-electron chi connectivity index (χ2n) is 4.83. The first-order chi connectivity index (χ1) is 10.2. The highest BCUT2D eigenvalue weighted by Gasteiger charge is 2.15. The first-order valence-corrected chi connectivity index (χ1v) is 7.91. The van der Waals surface area contributed by atoms with E-state index in [-0.39, 0.29) is 12.7 Å². The number of carbonyl (C=O) groups excluding carboxylic acids is 1. The molecule has 0 aliphatic carbocycles. The van der Waals surface area contributed by atoms with E-state index < -0.39 is 0 Å². The summed E-state index contributed by atoms with van der Waals surface area (Å²) in [5.41, 5.74) is 3.37. The third-order valence-electron chi connectivity index (χ3n) is 3.14. The van der Waals surface area contributed by atoms with E-state index in [9.17, 15) is 4.79 Å². The summed E-state index contributed by atoms with van der Waals surface area (Å²) in [6, 6.07) is 3.65. The highest BCUT2D eigenvalue weighted by atomic mass is 79.9. The quantitative estimate of drug-likeness (QED) is 0.462. The van der Waals surface area contributed by atoms with Gasteiger partial charge in [0.2, 0.25) is 12.7 Å². The number of hydrogen-bond donors (Lipinski definition) is 1. The molecule has 1 amide bonds. The van der Waals surface area contributed by atoms with Gasteiger partial charge in [-0.15, -0.1) is 0 Å². The van der Waals surface area contributed by atoms with Crippen molar-refractivity contribution in [1.29, 1.82) is 0 Å². The first-order valence-electron chi connectivity index (χ1n) is 7.11. The summed E-state index contributed by atoms with van der Waals surface area (Å²) in [6.07, 6.45) is 6.43. The summed E-state index contributed by atoms with van der Waals surface area (Å²) in [5, 5.41) is 3.98. The van der Waals surface area contributed by atoms with E-state index in [1.807, 2.05) is 12.1 Å². The molecule has 0 saturated heterocycles. The van der Waals surface area contributed by atoms with Gasteiger partial charge in [0.25, 0.3) is 0 Å². The van der Waals surface area contributed by atoms with Crippen LogP contribution in [0.15, 0.2) is 21.7 Å². The Labute approximate surface area is 132 Å². The van der Waals surface area contributed by atoms with Crippen molar-refractivity contribution in [2.24, 2.45) is 5.10 Å². The molecule has 1 N–H and O–H groups in total. The number of rotatable bonds is 7. The van der Waals surface area contributed by atoms with Crippen molar-refractivity contribution in [3.8, 4) is 11.5 Å². The van der Waals surface area contributed by atoms with Gasteiger partial charge in [0.05, 0.1) is 6.21 Å². The van der Waals surface area contributed by atoms with Gasteiger partial charge in [-0.05, 0) is 34.5 Å². The van der Waals surface area contributed by atoms with Crippen molar-refractivity contribution < 1.29 is 14.3 Å². The van der Waals surface area contributed by atoms with E-state index in [4.69, 9.17) is 9.47 Å². The normalized spacial score (nSPS) is 12.9. The van der Waals surface area contributed by atoms with Crippen LogP contribution in [0.2, 0.25) is 0 Å². The van der Waals surface area contributed by atoms with Crippen molar-refractivity contribution in [3.63, 3.8) is 0 Å². The third-order valence-corrected chi connectivity index (χ3v) is 3.83. The zero-order chi connectivity index (χ0) is 15.1. The molecule has 0 fully saturated rings. The van der Waals surface area contributed by atoms with Gasteiger partial charge in [-0.1, -0.05) is 26.2 Å². The lowest BCUT2D eigenvalue weighted by molar-refractivity contribution is -0.121. The second-order valence-corrected chi connectivity index (χ2v) is 5.69. The molecular formula is C15H19BrN2O3. The number of benzene rings is 1. The lowest BCUT2D eigenvalue weighted by Crippen LogP contribution is -2.16. The van der Waals surface area contributed by atoms with Gasteiger partial charge in [-0.3, -0.25) is 4.79 Å². The highest BCUT2D eigenvalue weighted by Crippen LogP contribution is 2.36. The first kappa shape index (κ1) is 15.8. The maximum atomic E-state index is 11.6. The molecule has 5 nitrogen and oxygen atoms in total. The van der Waals surface area contributed by atoms with Crippen LogP contribution in [0.25, 0.3) is 0 Å². The summed E-state index contributed by atoms with van der Waals surface area (Å²) < 4.78 is 11.4. The average Bonchev–Trinajstić information content (AvgIpc) is 2.91. The van der Waals surface area contributed by atoms with Gasteiger partial charge in [0.1, 0.15) is 0 Å². The van der Waals surface area contributed by atoms with Gasteiger partial charge >= 0.3 is 0 Å².